The first-order chi connectivity index (χ1) is 15.9. The lowest BCUT2D eigenvalue weighted by Gasteiger charge is -2.14. The monoisotopic (exact) mass is 465 g/mol. The molecule has 0 fully saturated rings. The van der Waals surface area contributed by atoms with Gasteiger partial charge in [-0.1, -0.05) is 24.3 Å². The maximum atomic E-state index is 13.2. The van der Waals surface area contributed by atoms with Crippen LogP contribution < -0.4 is 14.8 Å². The topological polar surface area (TPSA) is 111 Å². The first-order valence-electron chi connectivity index (χ1n) is 10.1. The van der Waals surface area contributed by atoms with Crippen molar-refractivity contribution < 1.29 is 23.0 Å². The van der Waals surface area contributed by atoms with Gasteiger partial charge in [0.05, 0.1) is 42.4 Å². The molecule has 0 aliphatic carbocycles. The van der Waals surface area contributed by atoms with Crippen molar-refractivity contribution >= 4 is 32.4 Å². The van der Waals surface area contributed by atoms with Crippen LogP contribution in [0.5, 0.6) is 11.5 Å². The van der Waals surface area contributed by atoms with Crippen LogP contribution in [-0.2, 0) is 22.2 Å². The van der Waals surface area contributed by atoms with Crippen molar-refractivity contribution in [3.63, 3.8) is 0 Å². The van der Waals surface area contributed by atoms with Gasteiger partial charge in [-0.25, -0.2) is 18.4 Å². The highest BCUT2D eigenvalue weighted by atomic mass is 32.2. The Kier molecular flexibility index (Phi) is 6.43. The molecule has 0 aliphatic rings. The largest absolute Gasteiger partial charge is 0.497 e. The second-order valence-electron chi connectivity index (χ2n) is 7.30. The Morgan fingerprint density at radius 3 is 2.18 bits per heavy atom. The number of nitrogens with one attached hydrogen (secondary N) is 1. The standard InChI is InChI=1S/C24H23N3O5S/c1-31-18-11-17(12-19(13-18)32-2)25-24-23(26-21-8-3-4-9-22(21)27-24)15-33(29,30)20-7-5-6-16(10-20)14-28/h3-13,28H,14-15H2,1-2H3,(H,25,27). The number of benzene rings is 3. The number of ether oxygens (including phenoxy) is 2. The summed E-state index contributed by atoms with van der Waals surface area (Å²) in [4.78, 5) is 9.34. The first kappa shape index (κ1) is 22.5. The molecule has 0 radical (unpaired) electrons. The Morgan fingerprint density at radius 1 is 0.879 bits per heavy atom. The Morgan fingerprint density at radius 2 is 1.55 bits per heavy atom. The zero-order chi connectivity index (χ0) is 23.4. The predicted molar refractivity (Wildman–Crippen MR) is 126 cm³/mol. The average Bonchev–Trinajstić information content (AvgIpc) is 2.84. The maximum Gasteiger partial charge on any atom is 0.184 e. The van der Waals surface area contributed by atoms with E-state index in [1.54, 1.807) is 50.6 Å². The maximum absolute atomic E-state index is 13.2. The van der Waals surface area contributed by atoms with Gasteiger partial charge in [-0.15, -0.1) is 0 Å². The van der Waals surface area contributed by atoms with Crippen molar-refractivity contribution in [3.8, 4) is 11.5 Å². The summed E-state index contributed by atoms with van der Waals surface area (Å²) in [5, 5.41) is 12.6. The fourth-order valence-electron chi connectivity index (χ4n) is 3.35. The number of fused-ring (bicyclic) bond motifs is 1. The number of aliphatic hydroxyl groups is 1. The number of aromatic nitrogens is 2. The Bertz CT molecular complexity index is 1380. The highest BCUT2D eigenvalue weighted by Gasteiger charge is 2.21. The summed E-state index contributed by atoms with van der Waals surface area (Å²) in [6.07, 6.45) is 0. The molecule has 0 amide bonds. The van der Waals surface area contributed by atoms with Crippen LogP contribution >= 0.6 is 0 Å². The summed E-state index contributed by atoms with van der Waals surface area (Å²) in [5.41, 5.74) is 2.60. The molecule has 2 N–H and O–H groups in total. The van der Waals surface area contributed by atoms with Gasteiger partial charge in [0, 0.05) is 23.9 Å². The molecule has 1 aromatic heterocycles. The first-order valence-corrected chi connectivity index (χ1v) is 11.8. The SMILES string of the molecule is COc1cc(Nc2nc3ccccc3nc2CS(=O)(=O)c2cccc(CO)c2)cc(OC)c1. The van der Waals surface area contributed by atoms with E-state index in [4.69, 9.17) is 9.47 Å². The lowest BCUT2D eigenvalue weighted by molar-refractivity contribution is 0.281. The van der Waals surface area contributed by atoms with Crippen molar-refractivity contribution in [2.45, 2.75) is 17.3 Å². The van der Waals surface area contributed by atoms with Crippen molar-refractivity contribution in [1.29, 1.82) is 0 Å². The molecule has 0 atom stereocenters. The molecule has 8 nitrogen and oxygen atoms in total. The predicted octanol–water partition coefficient (Wildman–Crippen LogP) is 3.86. The summed E-state index contributed by atoms with van der Waals surface area (Å²) in [7, 11) is -0.661. The molecule has 0 saturated heterocycles. The number of hydrogen-bond acceptors (Lipinski definition) is 8. The lowest BCUT2D eigenvalue weighted by atomic mass is 10.2. The molecule has 170 valence electrons. The van der Waals surface area contributed by atoms with E-state index in [-0.39, 0.29) is 22.9 Å². The van der Waals surface area contributed by atoms with Crippen LogP contribution in [0.4, 0.5) is 11.5 Å². The Labute approximate surface area is 191 Å². The molecular formula is C24H23N3O5S. The number of methoxy groups -OCH3 is 2. The van der Waals surface area contributed by atoms with Gasteiger partial charge in [0.15, 0.2) is 15.7 Å². The van der Waals surface area contributed by atoms with Crippen LogP contribution in [0.2, 0.25) is 0 Å². The molecule has 0 aliphatic heterocycles. The van der Waals surface area contributed by atoms with Gasteiger partial charge in [0.2, 0.25) is 0 Å². The summed E-state index contributed by atoms with van der Waals surface area (Å²) >= 11 is 0. The third kappa shape index (κ3) is 5.05. The van der Waals surface area contributed by atoms with Crippen molar-refractivity contribution in [2.75, 3.05) is 19.5 Å². The fourth-order valence-corrected chi connectivity index (χ4v) is 4.70. The third-order valence-corrected chi connectivity index (χ3v) is 6.65. The van der Waals surface area contributed by atoms with Gasteiger partial charge in [0.25, 0.3) is 0 Å². The van der Waals surface area contributed by atoms with Crippen LogP contribution in [0.3, 0.4) is 0 Å². The molecule has 0 bridgehead atoms. The number of nitrogens with zero attached hydrogens (tertiary/aromatic N) is 2. The molecule has 0 spiro atoms. The minimum absolute atomic E-state index is 0.109. The Hall–Kier alpha value is -3.69. The van der Waals surface area contributed by atoms with Crippen LogP contribution in [0.1, 0.15) is 11.3 Å². The number of anilines is 2. The van der Waals surface area contributed by atoms with Gasteiger partial charge in [-0.2, -0.15) is 0 Å². The lowest BCUT2D eigenvalue weighted by Crippen LogP contribution is -2.11. The van der Waals surface area contributed by atoms with E-state index in [1.807, 2.05) is 18.2 Å². The molecule has 9 heteroatoms. The van der Waals surface area contributed by atoms with Crippen molar-refractivity contribution in [2.24, 2.45) is 0 Å². The summed E-state index contributed by atoms with van der Waals surface area (Å²) in [5.74, 6) is 1.08. The fraction of sp³-hybridized carbons (Fsp3) is 0.167. The number of rotatable bonds is 8. The van der Waals surface area contributed by atoms with E-state index in [1.165, 1.54) is 12.1 Å². The minimum Gasteiger partial charge on any atom is -0.497 e. The van der Waals surface area contributed by atoms with E-state index in [9.17, 15) is 13.5 Å². The highest BCUT2D eigenvalue weighted by molar-refractivity contribution is 7.90. The molecule has 33 heavy (non-hydrogen) atoms. The molecule has 0 saturated carbocycles. The van der Waals surface area contributed by atoms with E-state index in [0.29, 0.717) is 39.6 Å². The van der Waals surface area contributed by atoms with Gasteiger partial charge in [0.1, 0.15) is 17.3 Å². The average molecular weight is 466 g/mol. The zero-order valence-corrected chi connectivity index (χ0v) is 19.0. The quantitative estimate of drug-likeness (QED) is 0.404. The highest BCUT2D eigenvalue weighted by Crippen LogP contribution is 2.30. The van der Waals surface area contributed by atoms with Crippen molar-refractivity contribution in [3.05, 3.63) is 78.0 Å². The minimum atomic E-state index is -3.76. The second-order valence-corrected chi connectivity index (χ2v) is 9.29. The molecule has 4 rings (SSSR count). The zero-order valence-electron chi connectivity index (χ0n) is 18.1. The molecule has 3 aromatic carbocycles. The van der Waals surface area contributed by atoms with E-state index in [2.05, 4.69) is 15.3 Å². The number of para-hydroxylation sites is 2. The third-order valence-electron chi connectivity index (χ3n) is 5.02. The molecule has 1 heterocycles. The number of sulfone groups is 1. The van der Waals surface area contributed by atoms with Crippen LogP contribution in [0.15, 0.2) is 71.6 Å². The summed E-state index contributed by atoms with van der Waals surface area (Å²) in [6, 6.07) is 18.7. The second kappa shape index (κ2) is 9.43. The van der Waals surface area contributed by atoms with Gasteiger partial charge >= 0.3 is 0 Å². The number of aliphatic hydroxyl groups excluding tert-OH is 1. The van der Waals surface area contributed by atoms with Crippen LogP contribution in [0, 0.1) is 0 Å². The van der Waals surface area contributed by atoms with Crippen LogP contribution in [0.25, 0.3) is 11.0 Å². The Balaban J connectivity index is 1.78. The normalized spacial score (nSPS) is 11.4. The summed E-state index contributed by atoms with van der Waals surface area (Å²) in [6.45, 7) is -0.246. The van der Waals surface area contributed by atoms with Gasteiger partial charge < -0.3 is 19.9 Å². The van der Waals surface area contributed by atoms with Gasteiger partial charge in [-0.3, -0.25) is 0 Å². The summed E-state index contributed by atoms with van der Waals surface area (Å²) < 4.78 is 37.0. The van der Waals surface area contributed by atoms with Crippen LogP contribution in [-0.4, -0.2) is 37.7 Å². The number of hydrogen-bond donors (Lipinski definition) is 2. The van der Waals surface area contributed by atoms with Crippen molar-refractivity contribution in [1.82, 2.24) is 9.97 Å². The van der Waals surface area contributed by atoms with E-state index < -0.39 is 9.84 Å². The van der Waals surface area contributed by atoms with E-state index >= 15 is 0 Å². The molecule has 4 aromatic rings. The van der Waals surface area contributed by atoms with Gasteiger partial charge in [-0.05, 0) is 29.8 Å². The molecule has 0 unspecified atom stereocenters. The van der Waals surface area contributed by atoms with E-state index in [0.717, 1.165) is 0 Å². The molecular weight excluding hydrogens is 442 g/mol. The smallest absolute Gasteiger partial charge is 0.184 e.